The summed E-state index contributed by atoms with van der Waals surface area (Å²) in [6.45, 7) is 4.09. The normalized spacial score (nSPS) is 37.0. The summed E-state index contributed by atoms with van der Waals surface area (Å²) in [7, 11) is 0. The number of allylic oxidation sites excluding steroid dienone is 3. The number of benzene rings is 1. The van der Waals surface area contributed by atoms with Crippen LogP contribution in [0.15, 0.2) is 54.6 Å². The van der Waals surface area contributed by atoms with Crippen molar-refractivity contribution in [2.45, 2.75) is 32.7 Å². The maximum atomic E-state index is 6.02. The summed E-state index contributed by atoms with van der Waals surface area (Å²) < 4.78 is 17.6. The zero-order valence-electron chi connectivity index (χ0n) is 11.8. The molecule has 0 radical (unpaired) electrons. The predicted molar refractivity (Wildman–Crippen MR) is 76.6 cm³/mol. The first-order valence-corrected chi connectivity index (χ1v) is 7.10. The van der Waals surface area contributed by atoms with Gasteiger partial charge in [0, 0.05) is 11.5 Å². The second kappa shape index (κ2) is 5.92. The molecule has 0 amide bonds. The molecule has 5 atom stereocenters. The second-order valence-corrected chi connectivity index (χ2v) is 5.29. The van der Waals surface area contributed by atoms with E-state index in [1.807, 2.05) is 37.3 Å². The third-order valence-electron chi connectivity index (χ3n) is 3.75. The lowest BCUT2D eigenvalue weighted by Gasteiger charge is -2.39. The molecule has 0 bridgehead atoms. The maximum absolute atomic E-state index is 6.02. The maximum Gasteiger partial charge on any atom is 0.189 e. The highest BCUT2D eigenvalue weighted by Crippen LogP contribution is 2.35. The van der Waals surface area contributed by atoms with E-state index in [1.54, 1.807) is 0 Å². The molecule has 3 heteroatoms. The van der Waals surface area contributed by atoms with Crippen molar-refractivity contribution in [2.75, 3.05) is 0 Å². The van der Waals surface area contributed by atoms with Crippen LogP contribution in [0.4, 0.5) is 0 Å². The summed E-state index contributed by atoms with van der Waals surface area (Å²) in [5, 5.41) is 0. The fourth-order valence-corrected chi connectivity index (χ4v) is 2.60. The molecule has 3 nitrogen and oxygen atoms in total. The van der Waals surface area contributed by atoms with Crippen molar-refractivity contribution in [2.24, 2.45) is 11.8 Å². The van der Waals surface area contributed by atoms with E-state index in [0.717, 1.165) is 5.56 Å². The van der Waals surface area contributed by atoms with Gasteiger partial charge in [0.2, 0.25) is 0 Å². The van der Waals surface area contributed by atoms with Crippen molar-refractivity contribution >= 4 is 0 Å². The molecule has 20 heavy (non-hydrogen) atoms. The minimum atomic E-state index is -0.364. The topological polar surface area (TPSA) is 27.7 Å². The average molecular weight is 272 g/mol. The first-order valence-electron chi connectivity index (χ1n) is 7.10. The van der Waals surface area contributed by atoms with Crippen LogP contribution in [0.5, 0.6) is 0 Å². The van der Waals surface area contributed by atoms with Crippen LogP contribution in [0.1, 0.15) is 25.7 Å². The Morgan fingerprint density at radius 1 is 0.850 bits per heavy atom. The van der Waals surface area contributed by atoms with Crippen molar-refractivity contribution in [3.63, 3.8) is 0 Å². The number of rotatable bonds is 2. The Labute approximate surface area is 119 Å². The van der Waals surface area contributed by atoms with Gasteiger partial charge in [-0.05, 0) is 12.8 Å². The van der Waals surface area contributed by atoms with Gasteiger partial charge >= 0.3 is 0 Å². The van der Waals surface area contributed by atoms with Crippen LogP contribution in [-0.4, -0.2) is 12.6 Å². The molecule has 5 unspecified atom stereocenters. The van der Waals surface area contributed by atoms with Gasteiger partial charge < -0.3 is 14.2 Å². The molecule has 1 heterocycles. The zero-order valence-corrected chi connectivity index (χ0v) is 11.8. The molecule has 0 N–H and O–H groups in total. The Bertz CT molecular complexity index is 494. The van der Waals surface area contributed by atoms with Crippen LogP contribution < -0.4 is 0 Å². The Morgan fingerprint density at radius 3 is 2.35 bits per heavy atom. The van der Waals surface area contributed by atoms with Gasteiger partial charge in [0.15, 0.2) is 18.9 Å². The van der Waals surface area contributed by atoms with Gasteiger partial charge in [-0.25, -0.2) is 0 Å². The lowest BCUT2D eigenvalue weighted by atomic mass is 9.89. The molecule has 1 aromatic rings. The van der Waals surface area contributed by atoms with E-state index in [2.05, 4.69) is 31.2 Å². The monoisotopic (exact) mass is 272 g/mol. The Kier molecular flexibility index (Phi) is 4.01. The molecule has 2 aliphatic rings. The van der Waals surface area contributed by atoms with Crippen LogP contribution in [-0.2, 0) is 14.2 Å². The van der Waals surface area contributed by atoms with Crippen molar-refractivity contribution in [1.29, 1.82) is 0 Å². The fraction of sp³-hybridized carbons (Fsp3) is 0.412. The standard InChI is InChI=1S/C17H20O3/c1-12-8-6-7-11-15(12)17-19-13(2)18-16(20-17)14-9-4-3-5-10-14/h3-13,15-17H,1-2H3. The average Bonchev–Trinajstić information content (AvgIpc) is 2.48. The van der Waals surface area contributed by atoms with Crippen molar-refractivity contribution in [3.05, 3.63) is 60.2 Å². The Morgan fingerprint density at radius 2 is 1.60 bits per heavy atom. The molecule has 1 saturated heterocycles. The van der Waals surface area contributed by atoms with Crippen LogP contribution in [0, 0.1) is 11.8 Å². The van der Waals surface area contributed by atoms with Gasteiger partial charge in [0.1, 0.15) is 0 Å². The largest absolute Gasteiger partial charge is 0.323 e. The quantitative estimate of drug-likeness (QED) is 0.819. The Balaban J connectivity index is 1.76. The van der Waals surface area contributed by atoms with Gasteiger partial charge in [-0.3, -0.25) is 0 Å². The fourth-order valence-electron chi connectivity index (χ4n) is 2.60. The second-order valence-electron chi connectivity index (χ2n) is 5.29. The highest BCUT2D eigenvalue weighted by molar-refractivity contribution is 5.17. The lowest BCUT2D eigenvalue weighted by molar-refractivity contribution is -0.392. The van der Waals surface area contributed by atoms with Gasteiger partial charge in [0.25, 0.3) is 0 Å². The van der Waals surface area contributed by atoms with Gasteiger partial charge in [-0.15, -0.1) is 0 Å². The SMILES string of the molecule is CC1OC(c2ccccc2)OC(C2C=CC=CC2C)O1. The molecule has 0 saturated carbocycles. The molecule has 1 fully saturated rings. The molecule has 106 valence electrons. The minimum Gasteiger partial charge on any atom is -0.323 e. The molecular weight excluding hydrogens is 252 g/mol. The number of hydrogen-bond donors (Lipinski definition) is 0. The van der Waals surface area contributed by atoms with Crippen LogP contribution in [0.3, 0.4) is 0 Å². The van der Waals surface area contributed by atoms with E-state index in [-0.39, 0.29) is 24.8 Å². The molecule has 1 aromatic carbocycles. The third kappa shape index (κ3) is 2.85. The van der Waals surface area contributed by atoms with Gasteiger partial charge in [-0.2, -0.15) is 0 Å². The van der Waals surface area contributed by atoms with Gasteiger partial charge in [0.05, 0.1) is 0 Å². The van der Waals surface area contributed by atoms with E-state index in [4.69, 9.17) is 14.2 Å². The zero-order chi connectivity index (χ0) is 13.9. The van der Waals surface area contributed by atoms with Crippen LogP contribution in [0.2, 0.25) is 0 Å². The third-order valence-corrected chi connectivity index (χ3v) is 3.75. The van der Waals surface area contributed by atoms with Crippen LogP contribution in [0.25, 0.3) is 0 Å². The molecule has 1 aliphatic carbocycles. The smallest absolute Gasteiger partial charge is 0.189 e. The summed E-state index contributed by atoms with van der Waals surface area (Å²) in [5.74, 6) is 0.615. The first kappa shape index (κ1) is 13.6. The van der Waals surface area contributed by atoms with Gasteiger partial charge in [-0.1, -0.05) is 61.6 Å². The predicted octanol–water partition coefficient (Wildman–Crippen LogP) is 3.80. The minimum absolute atomic E-state index is 0.220. The molecule has 0 spiro atoms. The summed E-state index contributed by atoms with van der Waals surface area (Å²) in [5.41, 5.74) is 1.02. The van der Waals surface area contributed by atoms with Crippen molar-refractivity contribution in [1.82, 2.24) is 0 Å². The first-order chi connectivity index (χ1) is 9.74. The summed E-state index contributed by atoms with van der Waals surface area (Å²) >= 11 is 0. The molecule has 0 aromatic heterocycles. The highest BCUT2D eigenvalue weighted by Gasteiger charge is 2.35. The van der Waals surface area contributed by atoms with E-state index in [1.165, 1.54) is 0 Å². The number of hydrogen-bond acceptors (Lipinski definition) is 3. The molecular formula is C17H20O3. The molecule has 3 rings (SSSR count). The summed E-state index contributed by atoms with van der Waals surface area (Å²) in [6.07, 6.45) is 7.53. The van der Waals surface area contributed by atoms with Crippen molar-refractivity contribution < 1.29 is 14.2 Å². The number of ether oxygens (including phenoxy) is 3. The highest BCUT2D eigenvalue weighted by atomic mass is 16.9. The van der Waals surface area contributed by atoms with Crippen LogP contribution >= 0.6 is 0 Å². The van der Waals surface area contributed by atoms with E-state index in [0.29, 0.717) is 5.92 Å². The van der Waals surface area contributed by atoms with E-state index in [9.17, 15) is 0 Å². The van der Waals surface area contributed by atoms with E-state index >= 15 is 0 Å². The lowest BCUT2D eigenvalue weighted by Crippen LogP contribution is -2.40. The summed E-state index contributed by atoms with van der Waals surface area (Å²) in [6, 6.07) is 9.99. The molecule has 1 aliphatic heterocycles. The van der Waals surface area contributed by atoms with E-state index < -0.39 is 0 Å². The Hall–Kier alpha value is -1.42. The summed E-state index contributed by atoms with van der Waals surface area (Å²) in [4.78, 5) is 0. The van der Waals surface area contributed by atoms with Crippen molar-refractivity contribution in [3.8, 4) is 0 Å².